The van der Waals surface area contributed by atoms with Crippen LogP contribution in [0.5, 0.6) is 5.75 Å². The Morgan fingerprint density at radius 2 is 1.82 bits per heavy atom. The summed E-state index contributed by atoms with van der Waals surface area (Å²) in [6, 6.07) is 11.3. The average Bonchev–Trinajstić information content (AvgIpc) is 2.62. The minimum absolute atomic E-state index is 0.0453. The van der Waals surface area contributed by atoms with Crippen LogP contribution in [0.4, 0.5) is 24.5 Å². The summed E-state index contributed by atoms with van der Waals surface area (Å²) < 4.78 is 43.8. The molecule has 0 spiro atoms. The number of hydrogen-bond acceptors (Lipinski definition) is 3. The fourth-order valence-electron chi connectivity index (χ4n) is 2.62. The average molecular weight is 394 g/mol. The molecule has 28 heavy (non-hydrogen) atoms. The molecule has 0 saturated carbocycles. The summed E-state index contributed by atoms with van der Waals surface area (Å²) in [5.41, 5.74) is -0.270. The van der Waals surface area contributed by atoms with Gasteiger partial charge in [0.2, 0.25) is 11.8 Å². The maximum atomic E-state index is 12.8. The number of amides is 2. The lowest BCUT2D eigenvalue weighted by molar-refractivity contribution is -0.137. The van der Waals surface area contributed by atoms with Gasteiger partial charge in [-0.2, -0.15) is 13.2 Å². The first kappa shape index (κ1) is 21.3. The Kier molecular flexibility index (Phi) is 7.03. The number of alkyl halides is 3. The van der Waals surface area contributed by atoms with E-state index in [4.69, 9.17) is 4.74 Å². The molecule has 0 heterocycles. The van der Waals surface area contributed by atoms with Gasteiger partial charge in [0.15, 0.2) is 0 Å². The van der Waals surface area contributed by atoms with Crippen molar-refractivity contribution in [1.82, 2.24) is 0 Å². The number of anilines is 2. The van der Waals surface area contributed by atoms with Crippen molar-refractivity contribution in [3.8, 4) is 5.75 Å². The van der Waals surface area contributed by atoms with Gasteiger partial charge in [0.1, 0.15) is 5.75 Å². The number of carbonyl (C=O) groups is 2. The molecule has 2 rings (SSSR count). The van der Waals surface area contributed by atoms with E-state index >= 15 is 0 Å². The molecule has 0 bridgehead atoms. The highest BCUT2D eigenvalue weighted by Gasteiger charge is 2.30. The summed E-state index contributed by atoms with van der Waals surface area (Å²) in [5, 5.41) is 2.43. The maximum absolute atomic E-state index is 12.8. The molecule has 0 aliphatic rings. The molecule has 0 aliphatic carbocycles. The molecule has 2 amide bonds. The molecule has 0 saturated heterocycles. The second-order valence-corrected chi connectivity index (χ2v) is 5.95. The van der Waals surface area contributed by atoms with Gasteiger partial charge in [-0.05, 0) is 37.3 Å². The lowest BCUT2D eigenvalue weighted by Gasteiger charge is -2.23. The van der Waals surface area contributed by atoms with E-state index in [-0.39, 0.29) is 24.6 Å². The van der Waals surface area contributed by atoms with Crippen LogP contribution in [0.3, 0.4) is 0 Å². The standard InChI is InChI=1S/C20H21F3N2O3/c1-3-28-18-10-5-4-9-17(18)25(14(2)26)12-11-19(27)24-16-8-6-7-15(13-16)20(21,22)23/h4-10,13H,3,11-12H2,1-2H3,(H,24,27). The molecule has 0 atom stereocenters. The van der Waals surface area contributed by atoms with Crippen LogP contribution >= 0.6 is 0 Å². The Morgan fingerprint density at radius 3 is 2.46 bits per heavy atom. The van der Waals surface area contributed by atoms with E-state index in [1.165, 1.54) is 24.0 Å². The predicted octanol–water partition coefficient (Wildman–Crippen LogP) is 4.49. The van der Waals surface area contributed by atoms with Crippen molar-refractivity contribution >= 4 is 23.2 Å². The first-order valence-corrected chi connectivity index (χ1v) is 8.69. The molecule has 0 unspecified atom stereocenters. The number of rotatable bonds is 7. The fraction of sp³-hybridized carbons (Fsp3) is 0.300. The van der Waals surface area contributed by atoms with Gasteiger partial charge < -0.3 is 15.0 Å². The summed E-state index contributed by atoms with van der Waals surface area (Å²) in [6.07, 6.45) is -4.58. The lowest BCUT2D eigenvalue weighted by atomic mass is 10.2. The third kappa shape index (κ3) is 5.73. The number of nitrogens with one attached hydrogen (secondary N) is 1. The van der Waals surface area contributed by atoms with E-state index in [0.717, 1.165) is 12.1 Å². The molecule has 0 radical (unpaired) electrons. The molecule has 1 N–H and O–H groups in total. The van der Waals surface area contributed by atoms with Crippen molar-refractivity contribution in [3.63, 3.8) is 0 Å². The number of ether oxygens (including phenoxy) is 1. The van der Waals surface area contributed by atoms with Crippen LogP contribution in [0.1, 0.15) is 25.8 Å². The molecular weight excluding hydrogens is 373 g/mol. The molecule has 0 aromatic heterocycles. The van der Waals surface area contributed by atoms with Crippen molar-refractivity contribution in [2.45, 2.75) is 26.4 Å². The quantitative estimate of drug-likeness (QED) is 0.753. The van der Waals surface area contributed by atoms with E-state index in [2.05, 4.69) is 5.32 Å². The third-order valence-corrected chi connectivity index (χ3v) is 3.87. The highest BCUT2D eigenvalue weighted by molar-refractivity contribution is 5.95. The summed E-state index contributed by atoms with van der Waals surface area (Å²) in [6.45, 7) is 3.66. The molecular formula is C20H21F3N2O3. The van der Waals surface area contributed by atoms with Crippen molar-refractivity contribution in [2.24, 2.45) is 0 Å². The SMILES string of the molecule is CCOc1ccccc1N(CCC(=O)Nc1cccc(C(F)(F)F)c1)C(C)=O. The van der Waals surface area contributed by atoms with Crippen molar-refractivity contribution in [2.75, 3.05) is 23.4 Å². The lowest BCUT2D eigenvalue weighted by Crippen LogP contribution is -2.32. The molecule has 5 nitrogen and oxygen atoms in total. The van der Waals surface area contributed by atoms with Crippen LogP contribution < -0.4 is 15.0 Å². The van der Waals surface area contributed by atoms with Gasteiger partial charge in [-0.25, -0.2) is 0 Å². The molecule has 150 valence electrons. The van der Waals surface area contributed by atoms with Gasteiger partial charge in [0, 0.05) is 25.6 Å². The van der Waals surface area contributed by atoms with Gasteiger partial charge in [-0.3, -0.25) is 9.59 Å². The predicted molar refractivity (Wildman–Crippen MR) is 100 cm³/mol. The first-order chi connectivity index (χ1) is 13.2. The topological polar surface area (TPSA) is 58.6 Å². The minimum atomic E-state index is -4.49. The van der Waals surface area contributed by atoms with Crippen LogP contribution in [0, 0.1) is 0 Å². The van der Waals surface area contributed by atoms with E-state index in [1.807, 2.05) is 6.92 Å². The van der Waals surface area contributed by atoms with Crippen LogP contribution in [0.2, 0.25) is 0 Å². The zero-order valence-corrected chi connectivity index (χ0v) is 15.5. The third-order valence-electron chi connectivity index (χ3n) is 3.87. The van der Waals surface area contributed by atoms with E-state index < -0.39 is 17.6 Å². The Bertz CT molecular complexity index is 837. The number of nitrogens with zero attached hydrogens (tertiary/aromatic N) is 1. The Balaban J connectivity index is 2.07. The van der Waals surface area contributed by atoms with Gasteiger partial charge in [0.05, 0.1) is 17.9 Å². The summed E-state index contributed by atoms with van der Waals surface area (Å²) in [7, 11) is 0. The number of halogens is 3. The molecule has 0 fully saturated rings. The second-order valence-electron chi connectivity index (χ2n) is 5.95. The molecule has 2 aromatic rings. The summed E-state index contributed by atoms with van der Waals surface area (Å²) in [5.74, 6) is -0.267. The smallest absolute Gasteiger partial charge is 0.416 e. The Hall–Kier alpha value is -3.03. The zero-order chi connectivity index (χ0) is 20.7. The van der Waals surface area contributed by atoms with E-state index in [0.29, 0.717) is 18.0 Å². The Morgan fingerprint density at radius 1 is 1.11 bits per heavy atom. The highest BCUT2D eigenvalue weighted by Crippen LogP contribution is 2.31. The van der Waals surface area contributed by atoms with Gasteiger partial charge >= 0.3 is 6.18 Å². The second kappa shape index (κ2) is 9.25. The number of para-hydroxylation sites is 2. The van der Waals surface area contributed by atoms with Crippen LogP contribution in [-0.4, -0.2) is 25.0 Å². The first-order valence-electron chi connectivity index (χ1n) is 8.69. The summed E-state index contributed by atoms with van der Waals surface area (Å²) >= 11 is 0. The monoisotopic (exact) mass is 394 g/mol. The van der Waals surface area contributed by atoms with Gasteiger partial charge in [-0.1, -0.05) is 18.2 Å². The van der Waals surface area contributed by atoms with Crippen LogP contribution in [0.25, 0.3) is 0 Å². The molecule has 0 aliphatic heterocycles. The largest absolute Gasteiger partial charge is 0.492 e. The van der Waals surface area contributed by atoms with Crippen LogP contribution in [0.15, 0.2) is 48.5 Å². The maximum Gasteiger partial charge on any atom is 0.416 e. The van der Waals surface area contributed by atoms with Crippen molar-refractivity contribution in [3.05, 3.63) is 54.1 Å². The molecule has 2 aromatic carbocycles. The van der Waals surface area contributed by atoms with Crippen molar-refractivity contribution < 1.29 is 27.5 Å². The van der Waals surface area contributed by atoms with Crippen LogP contribution in [-0.2, 0) is 15.8 Å². The molecule has 8 heteroatoms. The normalized spacial score (nSPS) is 11.0. The minimum Gasteiger partial charge on any atom is -0.492 e. The van der Waals surface area contributed by atoms with Gasteiger partial charge in [-0.15, -0.1) is 0 Å². The summed E-state index contributed by atoms with van der Waals surface area (Å²) in [4.78, 5) is 25.6. The van der Waals surface area contributed by atoms with Gasteiger partial charge in [0.25, 0.3) is 0 Å². The number of benzene rings is 2. The number of carbonyl (C=O) groups excluding carboxylic acids is 2. The van der Waals surface area contributed by atoms with Crippen molar-refractivity contribution in [1.29, 1.82) is 0 Å². The fourth-order valence-corrected chi connectivity index (χ4v) is 2.62. The zero-order valence-electron chi connectivity index (χ0n) is 15.5. The van der Waals surface area contributed by atoms with E-state index in [1.54, 1.807) is 24.3 Å². The number of hydrogen-bond donors (Lipinski definition) is 1. The Labute approximate surface area is 161 Å². The van der Waals surface area contributed by atoms with E-state index in [9.17, 15) is 22.8 Å². The highest BCUT2D eigenvalue weighted by atomic mass is 19.4.